The predicted molar refractivity (Wildman–Crippen MR) is 87.6 cm³/mol. The van der Waals surface area contributed by atoms with Crippen LogP contribution in [0.15, 0.2) is 0 Å². The minimum absolute atomic E-state index is 0.0638. The van der Waals surface area contributed by atoms with Crippen LogP contribution in [0.3, 0.4) is 0 Å². The molecule has 124 valence electrons. The molecule has 0 aromatic carbocycles. The SMILES string of the molecule is CC(C)OCCOC1(CNC2CC2)CCC(C(C)C)CC1. The van der Waals surface area contributed by atoms with Crippen molar-refractivity contribution in [3.63, 3.8) is 0 Å². The summed E-state index contributed by atoms with van der Waals surface area (Å²) in [5, 5.41) is 3.70. The molecule has 21 heavy (non-hydrogen) atoms. The molecule has 0 amide bonds. The smallest absolute Gasteiger partial charge is 0.0807 e. The Labute approximate surface area is 131 Å². The van der Waals surface area contributed by atoms with E-state index < -0.39 is 0 Å². The Morgan fingerprint density at radius 3 is 2.19 bits per heavy atom. The number of hydrogen-bond acceptors (Lipinski definition) is 3. The maximum atomic E-state index is 6.34. The van der Waals surface area contributed by atoms with Gasteiger partial charge in [0.15, 0.2) is 0 Å². The average Bonchev–Trinajstić information content (AvgIpc) is 3.26. The van der Waals surface area contributed by atoms with Gasteiger partial charge in [-0.3, -0.25) is 0 Å². The van der Waals surface area contributed by atoms with Crippen molar-refractivity contribution in [2.45, 2.75) is 84.0 Å². The Hall–Kier alpha value is -0.120. The molecule has 0 heterocycles. The van der Waals surface area contributed by atoms with Crippen molar-refractivity contribution in [2.75, 3.05) is 19.8 Å². The third-order valence-corrected chi connectivity index (χ3v) is 5.12. The Kier molecular flexibility index (Phi) is 6.51. The molecule has 0 aromatic rings. The summed E-state index contributed by atoms with van der Waals surface area (Å²) in [5.74, 6) is 1.69. The van der Waals surface area contributed by atoms with E-state index in [4.69, 9.17) is 9.47 Å². The summed E-state index contributed by atoms with van der Waals surface area (Å²) in [6.45, 7) is 11.4. The molecule has 0 atom stereocenters. The maximum absolute atomic E-state index is 6.34. The zero-order chi connectivity index (χ0) is 15.3. The molecule has 0 bridgehead atoms. The molecule has 3 nitrogen and oxygen atoms in total. The topological polar surface area (TPSA) is 30.5 Å². The van der Waals surface area contributed by atoms with Crippen molar-refractivity contribution in [2.24, 2.45) is 11.8 Å². The molecule has 2 saturated carbocycles. The predicted octanol–water partition coefficient (Wildman–Crippen LogP) is 3.77. The Morgan fingerprint density at radius 2 is 1.67 bits per heavy atom. The first-order valence-corrected chi connectivity index (χ1v) is 9.00. The zero-order valence-electron chi connectivity index (χ0n) is 14.5. The van der Waals surface area contributed by atoms with Crippen LogP contribution >= 0.6 is 0 Å². The summed E-state index contributed by atoms with van der Waals surface area (Å²) < 4.78 is 12.0. The van der Waals surface area contributed by atoms with Gasteiger partial charge in [0.05, 0.1) is 24.9 Å². The molecular weight excluding hydrogens is 262 g/mol. The fourth-order valence-electron chi connectivity index (χ4n) is 3.36. The van der Waals surface area contributed by atoms with Crippen molar-refractivity contribution in [3.05, 3.63) is 0 Å². The van der Waals surface area contributed by atoms with Crippen molar-refractivity contribution < 1.29 is 9.47 Å². The van der Waals surface area contributed by atoms with Gasteiger partial charge < -0.3 is 14.8 Å². The van der Waals surface area contributed by atoms with E-state index in [1.54, 1.807) is 0 Å². The van der Waals surface area contributed by atoms with Crippen LogP contribution in [0.1, 0.15) is 66.2 Å². The van der Waals surface area contributed by atoms with Gasteiger partial charge in [-0.15, -0.1) is 0 Å². The number of hydrogen-bond donors (Lipinski definition) is 1. The molecule has 0 saturated heterocycles. The second kappa shape index (κ2) is 7.94. The fourth-order valence-corrected chi connectivity index (χ4v) is 3.36. The summed E-state index contributed by atoms with van der Waals surface area (Å²) >= 11 is 0. The molecule has 0 aromatic heterocycles. The summed E-state index contributed by atoms with van der Waals surface area (Å²) in [7, 11) is 0. The third-order valence-electron chi connectivity index (χ3n) is 5.12. The highest BCUT2D eigenvalue weighted by atomic mass is 16.5. The number of nitrogens with one attached hydrogen (secondary N) is 1. The second-order valence-corrected chi connectivity index (χ2v) is 7.69. The second-order valence-electron chi connectivity index (χ2n) is 7.69. The van der Waals surface area contributed by atoms with E-state index >= 15 is 0 Å². The van der Waals surface area contributed by atoms with Crippen molar-refractivity contribution >= 4 is 0 Å². The zero-order valence-corrected chi connectivity index (χ0v) is 14.5. The van der Waals surface area contributed by atoms with E-state index in [9.17, 15) is 0 Å². The van der Waals surface area contributed by atoms with Crippen LogP contribution in [0.4, 0.5) is 0 Å². The lowest BCUT2D eigenvalue weighted by atomic mass is 9.74. The molecule has 1 N–H and O–H groups in total. The summed E-state index contributed by atoms with van der Waals surface area (Å²) in [6.07, 6.45) is 8.03. The van der Waals surface area contributed by atoms with Gasteiger partial charge in [-0.05, 0) is 64.2 Å². The summed E-state index contributed by atoms with van der Waals surface area (Å²) in [4.78, 5) is 0. The Morgan fingerprint density at radius 1 is 1.00 bits per heavy atom. The van der Waals surface area contributed by atoms with E-state index in [1.807, 2.05) is 0 Å². The summed E-state index contributed by atoms with van der Waals surface area (Å²) in [5.41, 5.74) is 0.0638. The minimum Gasteiger partial charge on any atom is -0.376 e. The molecule has 2 aliphatic rings. The lowest BCUT2D eigenvalue weighted by molar-refractivity contribution is -0.0999. The lowest BCUT2D eigenvalue weighted by Gasteiger charge is -2.41. The van der Waals surface area contributed by atoms with Gasteiger partial charge in [-0.2, -0.15) is 0 Å². The first-order chi connectivity index (χ1) is 10.0. The van der Waals surface area contributed by atoms with Crippen LogP contribution in [0.25, 0.3) is 0 Å². The van der Waals surface area contributed by atoms with E-state index in [1.165, 1.54) is 38.5 Å². The molecule has 0 unspecified atom stereocenters. The first kappa shape index (κ1) is 17.2. The quantitative estimate of drug-likeness (QED) is 0.657. The molecule has 0 radical (unpaired) electrons. The van der Waals surface area contributed by atoms with Gasteiger partial charge in [0, 0.05) is 12.6 Å². The molecule has 0 aliphatic heterocycles. The minimum atomic E-state index is 0.0638. The van der Waals surface area contributed by atoms with Crippen LogP contribution < -0.4 is 5.32 Å². The largest absolute Gasteiger partial charge is 0.376 e. The highest BCUT2D eigenvalue weighted by molar-refractivity contribution is 4.93. The van der Waals surface area contributed by atoms with Gasteiger partial charge in [0.2, 0.25) is 0 Å². The molecule has 3 heteroatoms. The Balaban J connectivity index is 1.79. The fraction of sp³-hybridized carbons (Fsp3) is 1.00. The molecular formula is C18H35NO2. The van der Waals surface area contributed by atoms with Crippen LogP contribution in [-0.4, -0.2) is 37.5 Å². The molecule has 2 fully saturated rings. The lowest BCUT2D eigenvalue weighted by Crippen LogP contribution is -2.47. The highest BCUT2D eigenvalue weighted by Gasteiger charge is 2.38. The molecule has 2 rings (SSSR count). The number of ether oxygens (including phenoxy) is 2. The van der Waals surface area contributed by atoms with E-state index in [0.717, 1.165) is 37.6 Å². The maximum Gasteiger partial charge on any atom is 0.0807 e. The van der Waals surface area contributed by atoms with E-state index in [0.29, 0.717) is 6.10 Å². The first-order valence-electron chi connectivity index (χ1n) is 9.00. The van der Waals surface area contributed by atoms with Crippen LogP contribution in [-0.2, 0) is 9.47 Å². The highest BCUT2D eigenvalue weighted by Crippen LogP contribution is 2.38. The van der Waals surface area contributed by atoms with Crippen molar-refractivity contribution in [1.29, 1.82) is 0 Å². The Bertz CT molecular complexity index is 292. The molecule has 0 spiro atoms. The average molecular weight is 297 g/mol. The van der Waals surface area contributed by atoms with Gasteiger partial charge in [-0.25, -0.2) is 0 Å². The number of rotatable bonds is 9. The van der Waals surface area contributed by atoms with Crippen molar-refractivity contribution in [1.82, 2.24) is 5.32 Å². The monoisotopic (exact) mass is 297 g/mol. The van der Waals surface area contributed by atoms with Crippen LogP contribution in [0.5, 0.6) is 0 Å². The van der Waals surface area contributed by atoms with Crippen LogP contribution in [0.2, 0.25) is 0 Å². The summed E-state index contributed by atoms with van der Waals surface area (Å²) in [6, 6.07) is 0.764. The van der Waals surface area contributed by atoms with Crippen molar-refractivity contribution in [3.8, 4) is 0 Å². The van der Waals surface area contributed by atoms with Crippen LogP contribution in [0, 0.1) is 11.8 Å². The standard InChI is InChI=1S/C18H35NO2/c1-14(2)16-7-9-18(10-8-16,13-19-17-5-6-17)21-12-11-20-15(3)4/h14-17,19H,5-13H2,1-4H3. The van der Waals surface area contributed by atoms with E-state index in [2.05, 4.69) is 33.0 Å². The molecule has 2 aliphatic carbocycles. The van der Waals surface area contributed by atoms with Gasteiger partial charge in [0.25, 0.3) is 0 Å². The normalized spacial score (nSPS) is 30.3. The van der Waals surface area contributed by atoms with E-state index in [-0.39, 0.29) is 5.60 Å². The van der Waals surface area contributed by atoms with Gasteiger partial charge in [0.1, 0.15) is 0 Å². The van der Waals surface area contributed by atoms with Gasteiger partial charge in [-0.1, -0.05) is 13.8 Å². The third kappa shape index (κ3) is 5.88. The van der Waals surface area contributed by atoms with Gasteiger partial charge >= 0.3 is 0 Å².